The number of ether oxygens (including phenoxy) is 2. The van der Waals surface area contributed by atoms with E-state index in [0.717, 1.165) is 23.7 Å². The van der Waals surface area contributed by atoms with Gasteiger partial charge in [0.25, 0.3) is 0 Å². The van der Waals surface area contributed by atoms with Crippen LogP contribution in [0.5, 0.6) is 0 Å². The molecule has 0 N–H and O–H groups in total. The van der Waals surface area contributed by atoms with Crippen LogP contribution in [0.4, 0.5) is 0 Å². The van der Waals surface area contributed by atoms with Gasteiger partial charge in [0.15, 0.2) is 0 Å². The average Bonchev–Trinajstić information content (AvgIpc) is 2.84. The molecule has 1 aliphatic rings. The van der Waals surface area contributed by atoms with Gasteiger partial charge in [0, 0.05) is 23.6 Å². The number of nitrogens with zero attached hydrogens (tertiary/aromatic N) is 1. The van der Waals surface area contributed by atoms with Gasteiger partial charge in [-0.2, -0.15) is 0 Å². The summed E-state index contributed by atoms with van der Waals surface area (Å²) in [5.74, 6) is -0.282. The Balaban J connectivity index is 2.13. The Hall–Kier alpha value is -1.81. The van der Waals surface area contributed by atoms with Crippen LogP contribution in [0.2, 0.25) is 0 Å². The summed E-state index contributed by atoms with van der Waals surface area (Å²) < 4.78 is 12.9. The third kappa shape index (κ3) is 2.56. The zero-order chi connectivity index (χ0) is 15.0. The first kappa shape index (κ1) is 14.1. The lowest BCUT2D eigenvalue weighted by Gasteiger charge is -2.37. The van der Waals surface area contributed by atoms with Crippen LogP contribution in [0.3, 0.4) is 0 Å². The monoisotopic (exact) mass is 287 g/mol. The molecule has 0 spiro atoms. The number of hydrogen-bond acceptors (Lipinski definition) is 3. The van der Waals surface area contributed by atoms with Crippen LogP contribution in [0.1, 0.15) is 43.2 Å². The maximum atomic E-state index is 12.1. The lowest BCUT2D eigenvalue weighted by Crippen LogP contribution is -2.35. The van der Waals surface area contributed by atoms with Gasteiger partial charge < -0.3 is 14.0 Å². The topological polar surface area (TPSA) is 40.5 Å². The number of aromatic nitrogens is 1. The molecule has 1 aliphatic heterocycles. The molecule has 0 amide bonds. The van der Waals surface area contributed by atoms with Crippen LogP contribution >= 0.6 is 0 Å². The smallest absolute Gasteiger partial charge is 0.354 e. The van der Waals surface area contributed by atoms with Crippen molar-refractivity contribution in [2.24, 2.45) is 0 Å². The predicted molar refractivity (Wildman–Crippen MR) is 81.6 cm³/mol. The Morgan fingerprint density at radius 1 is 1.38 bits per heavy atom. The van der Waals surface area contributed by atoms with Gasteiger partial charge in [-0.1, -0.05) is 18.2 Å². The van der Waals surface area contributed by atoms with E-state index in [1.165, 1.54) is 7.11 Å². The van der Waals surface area contributed by atoms with Crippen LogP contribution in [0.15, 0.2) is 30.3 Å². The molecule has 112 valence electrons. The van der Waals surface area contributed by atoms with Crippen molar-refractivity contribution >= 4 is 16.9 Å². The Labute approximate surface area is 124 Å². The van der Waals surface area contributed by atoms with E-state index < -0.39 is 0 Å². The molecule has 0 saturated carbocycles. The van der Waals surface area contributed by atoms with Crippen molar-refractivity contribution in [2.75, 3.05) is 13.7 Å². The van der Waals surface area contributed by atoms with Crippen molar-refractivity contribution in [3.05, 3.63) is 36.0 Å². The second kappa shape index (κ2) is 5.19. The minimum atomic E-state index is -0.282. The molecule has 1 aromatic carbocycles. The standard InChI is InChI=1S/C17H21NO3/c1-17(2)11-13(8-9-21-17)18-14-7-5-4-6-12(14)10-15(18)16(19)20-3/h4-7,10,13H,8-9,11H2,1-3H3. The molecule has 1 atom stereocenters. The molecule has 1 aromatic heterocycles. The van der Waals surface area contributed by atoms with Gasteiger partial charge in [-0.25, -0.2) is 4.79 Å². The van der Waals surface area contributed by atoms with Crippen LogP contribution in [0.25, 0.3) is 10.9 Å². The maximum Gasteiger partial charge on any atom is 0.354 e. The molecule has 21 heavy (non-hydrogen) atoms. The summed E-state index contributed by atoms with van der Waals surface area (Å²) in [4.78, 5) is 12.1. The van der Waals surface area contributed by atoms with Gasteiger partial charge in [-0.3, -0.25) is 0 Å². The molecular formula is C17H21NO3. The number of benzene rings is 1. The van der Waals surface area contributed by atoms with E-state index >= 15 is 0 Å². The van der Waals surface area contributed by atoms with E-state index in [-0.39, 0.29) is 17.6 Å². The summed E-state index contributed by atoms with van der Waals surface area (Å²) in [5, 5.41) is 1.07. The first-order chi connectivity index (χ1) is 10.0. The van der Waals surface area contributed by atoms with E-state index in [4.69, 9.17) is 9.47 Å². The maximum absolute atomic E-state index is 12.1. The molecule has 1 fully saturated rings. The molecule has 0 aliphatic carbocycles. The van der Waals surface area contributed by atoms with Gasteiger partial charge in [0.2, 0.25) is 0 Å². The molecule has 4 heteroatoms. The second-order valence-corrected chi connectivity index (χ2v) is 6.20. The second-order valence-electron chi connectivity index (χ2n) is 6.20. The number of methoxy groups -OCH3 is 1. The van der Waals surface area contributed by atoms with Crippen molar-refractivity contribution in [1.29, 1.82) is 0 Å². The van der Waals surface area contributed by atoms with Gasteiger partial charge in [-0.05, 0) is 38.8 Å². The Kier molecular flexibility index (Phi) is 3.49. The molecule has 2 heterocycles. The zero-order valence-electron chi connectivity index (χ0n) is 12.8. The summed E-state index contributed by atoms with van der Waals surface area (Å²) in [6.45, 7) is 4.91. The van der Waals surface area contributed by atoms with Crippen LogP contribution in [0, 0.1) is 0 Å². The third-order valence-corrected chi connectivity index (χ3v) is 4.18. The highest BCUT2D eigenvalue weighted by Crippen LogP contribution is 2.36. The summed E-state index contributed by atoms with van der Waals surface area (Å²) in [5.41, 5.74) is 1.55. The van der Waals surface area contributed by atoms with E-state index in [2.05, 4.69) is 24.5 Å². The lowest BCUT2D eigenvalue weighted by molar-refractivity contribution is -0.0688. The summed E-state index contributed by atoms with van der Waals surface area (Å²) in [7, 11) is 1.43. The molecule has 2 aromatic rings. The Morgan fingerprint density at radius 3 is 2.86 bits per heavy atom. The van der Waals surface area contributed by atoms with Crippen molar-refractivity contribution in [3.63, 3.8) is 0 Å². The first-order valence-corrected chi connectivity index (χ1v) is 7.34. The van der Waals surface area contributed by atoms with Crippen molar-refractivity contribution in [2.45, 2.75) is 38.3 Å². The Morgan fingerprint density at radius 2 is 2.14 bits per heavy atom. The van der Waals surface area contributed by atoms with Gasteiger partial charge in [0.05, 0.1) is 12.7 Å². The molecule has 0 radical (unpaired) electrons. The number of esters is 1. The third-order valence-electron chi connectivity index (χ3n) is 4.18. The van der Waals surface area contributed by atoms with Gasteiger partial charge in [0.1, 0.15) is 5.69 Å². The fraction of sp³-hybridized carbons (Fsp3) is 0.471. The largest absolute Gasteiger partial charge is 0.464 e. The highest BCUT2D eigenvalue weighted by Gasteiger charge is 2.32. The van der Waals surface area contributed by atoms with E-state index in [0.29, 0.717) is 12.3 Å². The molecule has 1 unspecified atom stereocenters. The summed E-state index contributed by atoms with van der Waals surface area (Å²) in [6, 6.07) is 10.3. The van der Waals surface area contributed by atoms with E-state index in [1.807, 2.05) is 24.3 Å². The number of rotatable bonds is 2. The quantitative estimate of drug-likeness (QED) is 0.793. The average molecular weight is 287 g/mol. The number of carbonyl (C=O) groups excluding carboxylic acids is 1. The SMILES string of the molecule is COC(=O)c1cc2ccccc2n1C1CCOC(C)(C)C1. The normalized spacial score (nSPS) is 21.4. The van der Waals surface area contributed by atoms with Crippen molar-refractivity contribution in [3.8, 4) is 0 Å². The summed E-state index contributed by atoms with van der Waals surface area (Å²) >= 11 is 0. The molecule has 4 nitrogen and oxygen atoms in total. The number of para-hydroxylation sites is 1. The fourth-order valence-corrected chi connectivity index (χ4v) is 3.25. The van der Waals surface area contributed by atoms with Crippen molar-refractivity contribution < 1.29 is 14.3 Å². The molecule has 0 bridgehead atoms. The van der Waals surface area contributed by atoms with Crippen LogP contribution in [-0.4, -0.2) is 29.9 Å². The lowest BCUT2D eigenvalue weighted by atomic mass is 9.93. The highest BCUT2D eigenvalue weighted by molar-refractivity contribution is 5.95. The van der Waals surface area contributed by atoms with Gasteiger partial charge in [-0.15, -0.1) is 0 Å². The summed E-state index contributed by atoms with van der Waals surface area (Å²) in [6.07, 6.45) is 1.79. The predicted octanol–water partition coefficient (Wildman–Crippen LogP) is 3.56. The van der Waals surface area contributed by atoms with E-state index in [9.17, 15) is 4.79 Å². The molecule has 3 rings (SSSR count). The number of hydrogen-bond donors (Lipinski definition) is 0. The number of carbonyl (C=O) groups is 1. The van der Waals surface area contributed by atoms with Crippen LogP contribution in [-0.2, 0) is 9.47 Å². The minimum Gasteiger partial charge on any atom is -0.464 e. The minimum absolute atomic E-state index is 0.165. The molecular weight excluding hydrogens is 266 g/mol. The molecule has 1 saturated heterocycles. The van der Waals surface area contributed by atoms with Crippen molar-refractivity contribution in [1.82, 2.24) is 4.57 Å². The Bertz CT molecular complexity index is 672. The van der Waals surface area contributed by atoms with Gasteiger partial charge >= 0.3 is 5.97 Å². The highest BCUT2D eigenvalue weighted by atomic mass is 16.5. The zero-order valence-corrected chi connectivity index (χ0v) is 12.8. The van der Waals surface area contributed by atoms with Crippen LogP contribution < -0.4 is 0 Å². The first-order valence-electron chi connectivity index (χ1n) is 7.34. The number of fused-ring (bicyclic) bond motifs is 1. The fourth-order valence-electron chi connectivity index (χ4n) is 3.25. The van der Waals surface area contributed by atoms with E-state index in [1.54, 1.807) is 0 Å².